The molecule has 0 heterocycles. The number of halogens is 3. The number of nitrogens with one attached hydrogen (secondary N) is 1. The molecular formula is C14H10F3NO. The number of hydrogen-bond donors (Lipinski definition) is 1. The van der Waals surface area contributed by atoms with Crippen molar-refractivity contribution in [2.45, 2.75) is 6.92 Å². The number of rotatable bonds is 2. The van der Waals surface area contributed by atoms with Crippen molar-refractivity contribution < 1.29 is 18.0 Å². The van der Waals surface area contributed by atoms with Gasteiger partial charge >= 0.3 is 0 Å². The van der Waals surface area contributed by atoms with Crippen molar-refractivity contribution in [1.29, 1.82) is 0 Å². The average Bonchev–Trinajstić information content (AvgIpc) is 2.36. The molecule has 5 heteroatoms. The Kier molecular flexibility index (Phi) is 3.55. The van der Waals surface area contributed by atoms with Gasteiger partial charge in [-0.15, -0.1) is 0 Å². The van der Waals surface area contributed by atoms with Crippen LogP contribution < -0.4 is 5.32 Å². The lowest BCUT2D eigenvalue weighted by Gasteiger charge is -2.08. The van der Waals surface area contributed by atoms with Crippen LogP contribution in [-0.2, 0) is 0 Å². The molecule has 98 valence electrons. The lowest BCUT2D eigenvalue weighted by molar-refractivity contribution is 0.102. The molecule has 0 bridgehead atoms. The fourth-order valence-corrected chi connectivity index (χ4v) is 1.58. The minimum Gasteiger partial charge on any atom is -0.319 e. The Hall–Kier alpha value is -2.30. The van der Waals surface area contributed by atoms with Crippen LogP contribution in [0.2, 0.25) is 0 Å². The Morgan fingerprint density at radius 2 is 1.68 bits per heavy atom. The highest BCUT2D eigenvalue weighted by molar-refractivity contribution is 6.04. The molecule has 1 N–H and O–H groups in total. The van der Waals surface area contributed by atoms with Crippen LogP contribution in [0.15, 0.2) is 36.4 Å². The standard InChI is InChI=1S/C14H10F3NO/c1-8-6-12(17)13(7-11(8)16)18-14(19)9-4-2-3-5-10(9)15/h2-7H,1H3,(H,18,19). The van der Waals surface area contributed by atoms with E-state index in [1.165, 1.54) is 25.1 Å². The quantitative estimate of drug-likeness (QED) is 0.882. The van der Waals surface area contributed by atoms with E-state index < -0.39 is 23.4 Å². The Morgan fingerprint density at radius 1 is 1.00 bits per heavy atom. The smallest absolute Gasteiger partial charge is 0.258 e. The number of anilines is 1. The van der Waals surface area contributed by atoms with Crippen molar-refractivity contribution in [2.24, 2.45) is 0 Å². The summed E-state index contributed by atoms with van der Waals surface area (Å²) in [6.45, 7) is 1.40. The third-order valence-electron chi connectivity index (χ3n) is 2.61. The van der Waals surface area contributed by atoms with Gasteiger partial charge in [0.15, 0.2) is 0 Å². The van der Waals surface area contributed by atoms with E-state index in [4.69, 9.17) is 0 Å². The number of benzene rings is 2. The largest absolute Gasteiger partial charge is 0.319 e. The van der Waals surface area contributed by atoms with Gasteiger partial charge in [0.2, 0.25) is 0 Å². The summed E-state index contributed by atoms with van der Waals surface area (Å²) in [4.78, 5) is 11.7. The molecule has 0 aromatic heterocycles. The fraction of sp³-hybridized carbons (Fsp3) is 0.0714. The average molecular weight is 265 g/mol. The van der Waals surface area contributed by atoms with Crippen molar-refractivity contribution in [3.05, 3.63) is 65.0 Å². The minimum absolute atomic E-state index is 0.126. The molecule has 0 atom stereocenters. The van der Waals surface area contributed by atoms with E-state index in [-0.39, 0.29) is 16.8 Å². The predicted molar refractivity (Wildman–Crippen MR) is 65.4 cm³/mol. The lowest BCUT2D eigenvalue weighted by atomic mass is 10.1. The Morgan fingerprint density at radius 3 is 2.37 bits per heavy atom. The molecule has 0 saturated carbocycles. The lowest BCUT2D eigenvalue weighted by Crippen LogP contribution is -2.15. The summed E-state index contributed by atoms with van der Waals surface area (Å²) in [6, 6.07) is 7.10. The van der Waals surface area contributed by atoms with Crippen LogP contribution in [0.4, 0.5) is 18.9 Å². The van der Waals surface area contributed by atoms with Crippen LogP contribution >= 0.6 is 0 Å². The van der Waals surface area contributed by atoms with Gasteiger partial charge in [-0.25, -0.2) is 13.2 Å². The molecule has 2 aromatic carbocycles. The van der Waals surface area contributed by atoms with E-state index in [1.54, 1.807) is 0 Å². The highest BCUT2D eigenvalue weighted by Gasteiger charge is 2.14. The second-order valence-corrected chi connectivity index (χ2v) is 4.02. The summed E-state index contributed by atoms with van der Waals surface area (Å²) in [7, 11) is 0. The molecule has 0 radical (unpaired) electrons. The summed E-state index contributed by atoms with van der Waals surface area (Å²) in [5, 5.41) is 2.14. The molecule has 2 aromatic rings. The summed E-state index contributed by atoms with van der Waals surface area (Å²) in [5.41, 5.74) is -0.430. The van der Waals surface area contributed by atoms with Gasteiger partial charge in [-0.05, 0) is 30.7 Å². The van der Waals surface area contributed by atoms with Crippen molar-refractivity contribution in [1.82, 2.24) is 0 Å². The maximum absolute atomic E-state index is 13.5. The number of carbonyl (C=O) groups excluding carboxylic acids is 1. The fourth-order valence-electron chi connectivity index (χ4n) is 1.58. The first-order valence-electron chi connectivity index (χ1n) is 5.50. The van der Waals surface area contributed by atoms with Crippen LogP contribution in [-0.4, -0.2) is 5.91 Å². The molecule has 1 amide bonds. The molecule has 0 aliphatic rings. The SMILES string of the molecule is Cc1cc(F)c(NC(=O)c2ccccc2F)cc1F. The van der Waals surface area contributed by atoms with E-state index in [2.05, 4.69) is 5.32 Å². The van der Waals surface area contributed by atoms with Crippen molar-refractivity contribution in [3.63, 3.8) is 0 Å². The highest BCUT2D eigenvalue weighted by atomic mass is 19.1. The van der Waals surface area contributed by atoms with Gasteiger partial charge in [0.25, 0.3) is 5.91 Å². The molecule has 0 unspecified atom stereocenters. The van der Waals surface area contributed by atoms with E-state index in [0.717, 1.165) is 18.2 Å². The van der Waals surface area contributed by atoms with Crippen molar-refractivity contribution in [3.8, 4) is 0 Å². The first kappa shape index (κ1) is 13.1. The molecule has 0 spiro atoms. The third-order valence-corrected chi connectivity index (χ3v) is 2.61. The molecule has 2 nitrogen and oxygen atoms in total. The Bertz CT molecular complexity index is 641. The second-order valence-electron chi connectivity index (χ2n) is 4.02. The van der Waals surface area contributed by atoms with Crippen LogP contribution in [0.5, 0.6) is 0 Å². The minimum atomic E-state index is -0.833. The number of carbonyl (C=O) groups is 1. The molecule has 19 heavy (non-hydrogen) atoms. The van der Waals surface area contributed by atoms with E-state index >= 15 is 0 Å². The summed E-state index contributed by atoms with van der Waals surface area (Å²) >= 11 is 0. The van der Waals surface area contributed by atoms with E-state index in [1.807, 2.05) is 0 Å². The van der Waals surface area contributed by atoms with Gasteiger partial charge in [0.05, 0.1) is 11.3 Å². The Balaban J connectivity index is 2.30. The van der Waals surface area contributed by atoms with E-state index in [9.17, 15) is 18.0 Å². The zero-order valence-corrected chi connectivity index (χ0v) is 10.0. The zero-order chi connectivity index (χ0) is 14.0. The van der Waals surface area contributed by atoms with Gasteiger partial charge in [-0.1, -0.05) is 12.1 Å². The maximum atomic E-state index is 13.5. The van der Waals surface area contributed by atoms with Crippen LogP contribution in [0.25, 0.3) is 0 Å². The topological polar surface area (TPSA) is 29.1 Å². The molecule has 0 aliphatic heterocycles. The second kappa shape index (κ2) is 5.14. The van der Waals surface area contributed by atoms with Gasteiger partial charge in [0.1, 0.15) is 17.5 Å². The van der Waals surface area contributed by atoms with E-state index in [0.29, 0.717) is 0 Å². The third kappa shape index (κ3) is 2.76. The first-order chi connectivity index (χ1) is 8.99. The predicted octanol–water partition coefficient (Wildman–Crippen LogP) is 3.66. The van der Waals surface area contributed by atoms with Gasteiger partial charge in [-0.2, -0.15) is 0 Å². The number of amides is 1. The van der Waals surface area contributed by atoms with Crippen molar-refractivity contribution >= 4 is 11.6 Å². The first-order valence-corrected chi connectivity index (χ1v) is 5.50. The number of aryl methyl sites for hydroxylation is 1. The molecule has 0 saturated heterocycles. The molecule has 2 rings (SSSR count). The van der Waals surface area contributed by atoms with Crippen LogP contribution in [0.1, 0.15) is 15.9 Å². The van der Waals surface area contributed by atoms with Crippen LogP contribution in [0, 0.1) is 24.4 Å². The summed E-state index contributed by atoms with van der Waals surface area (Å²) in [6.07, 6.45) is 0. The zero-order valence-electron chi connectivity index (χ0n) is 10.0. The molecule has 0 aliphatic carbocycles. The van der Waals surface area contributed by atoms with Gasteiger partial charge in [0, 0.05) is 6.07 Å². The Labute approximate surface area is 107 Å². The molecule has 0 fully saturated rings. The molecular weight excluding hydrogens is 255 g/mol. The van der Waals surface area contributed by atoms with Crippen LogP contribution in [0.3, 0.4) is 0 Å². The monoisotopic (exact) mass is 265 g/mol. The highest BCUT2D eigenvalue weighted by Crippen LogP contribution is 2.20. The maximum Gasteiger partial charge on any atom is 0.258 e. The summed E-state index contributed by atoms with van der Waals surface area (Å²) in [5.74, 6) is -2.98. The number of hydrogen-bond acceptors (Lipinski definition) is 1. The van der Waals surface area contributed by atoms with Gasteiger partial charge < -0.3 is 5.32 Å². The van der Waals surface area contributed by atoms with Gasteiger partial charge in [-0.3, -0.25) is 4.79 Å². The summed E-state index contributed by atoms with van der Waals surface area (Å²) < 4.78 is 40.2. The van der Waals surface area contributed by atoms with Crippen molar-refractivity contribution in [2.75, 3.05) is 5.32 Å². The normalized spacial score (nSPS) is 10.3.